The summed E-state index contributed by atoms with van der Waals surface area (Å²) >= 11 is 0. The van der Waals surface area contributed by atoms with Gasteiger partial charge in [-0.25, -0.2) is 0 Å². The van der Waals surface area contributed by atoms with E-state index in [0.29, 0.717) is 13.2 Å². The van der Waals surface area contributed by atoms with E-state index in [9.17, 15) is 5.11 Å². The van der Waals surface area contributed by atoms with E-state index >= 15 is 0 Å². The predicted molar refractivity (Wildman–Crippen MR) is 45.6 cm³/mol. The molecule has 3 heteroatoms. The smallest absolute Gasteiger partial charge is 0.0897 e. The van der Waals surface area contributed by atoms with Crippen molar-refractivity contribution in [3.05, 3.63) is 0 Å². The molecule has 0 fully saturated rings. The molecule has 0 aromatic carbocycles. The van der Waals surface area contributed by atoms with Gasteiger partial charge in [0.25, 0.3) is 0 Å². The van der Waals surface area contributed by atoms with Gasteiger partial charge >= 0.3 is 0 Å². The van der Waals surface area contributed by atoms with Crippen LogP contribution in [0.2, 0.25) is 0 Å². The fourth-order valence-electron chi connectivity index (χ4n) is 0.673. The first-order valence-electron chi connectivity index (χ1n) is 4.17. The molecule has 0 radical (unpaired) electrons. The van der Waals surface area contributed by atoms with Crippen molar-refractivity contribution in [2.75, 3.05) is 19.7 Å². The summed E-state index contributed by atoms with van der Waals surface area (Å²) in [4.78, 5) is 0. The molecule has 0 heterocycles. The topological polar surface area (TPSA) is 41.5 Å². The Hall–Kier alpha value is -0.120. The molecule has 0 aromatic heterocycles. The van der Waals surface area contributed by atoms with Gasteiger partial charge in [0.2, 0.25) is 0 Å². The van der Waals surface area contributed by atoms with E-state index < -0.39 is 0 Å². The fraction of sp³-hybridized carbons (Fsp3) is 1.00. The molecule has 0 rings (SSSR count). The zero-order valence-corrected chi connectivity index (χ0v) is 7.63. The first-order valence-corrected chi connectivity index (χ1v) is 4.17. The summed E-state index contributed by atoms with van der Waals surface area (Å²) in [7, 11) is 0. The summed E-state index contributed by atoms with van der Waals surface area (Å²) in [5, 5.41) is 12.3. The normalized spacial score (nSPS) is 13.9. The summed E-state index contributed by atoms with van der Waals surface area (Å²) in [5.41, 5.74) is 0. The third-order valence-corrected chi connectivity index (χ3v) is 1.25. The summed E-state index contributed by atoms with van der Waals surface area (Å²) in [6.07, 6.45) is -0.177. The minimum Gasteiger partial charge on any atom is -0.389 e. The van der Waals surface area contributed by atoms with Crippen molar-refractivity contribution in [2.24, 2.45) is 0 Å². The average molecular weight is 161 g/mol. The van der Waals surface area contributed by atoms with E-state index in [-0.39, 0.29) is 12.2 Å². The molecule has 0 aliphatic carbocycles. The second-order valence-electron chi connectivity index (χ2n) is 2.84. The van der Waals surface area contributed by atoms with Crippen molar-refractivity contribution in [3.63, 3.8) is 0 Å². The molecule has 3 nitrogen and oxygen atoms in total. The summed E-state index contributed by atoms with van der Waals surface area (Å²) in [6, 6.07) is 0. The Bertz CT molecular complexity index is 86.2. The van der Waals surface area contributed by atoms with Crippen molar-refractivity contribution in [2.45, 2.75) is 33.0 Å². The molecular weight excluding hydrogens is 142 g/mol. The predicted octanol–water partition coefficient (Wildman–Crippen LogP) is 0.382. The Morgan fingerprint density at radius 2 is 2.09 bits per heavy atom. The molecule has 0 saturated carbocycles. The van der Waals surface area contributed by atoms with E-state index in [1.807, 2.05) is 20.8 Å². The van der Waals surface area contributed by atoms with Gasteiger partial charge in [0.05, 0.1) is 18.8 Å². The number of hydrogen-bond acceptors (Lipinski definition) is 3. The van der Waals surface area contributed by atoms with Crippen LogP contribution in [0.25, 0.3) is 0 Å². The standard InChI is InChI=1S/C8H19NO2/c1-4-9-5-8(10)6-11-7(2)3/h7-10H,4-6H2,1-3H3. The van der Waals surface area contributed by atoms with Crippen LogP contribution >= 0.6 is 0 Å². The van der Waals surface area contributed by atoms with Crippen LogP contribution in [0.4, 0.5) is 0 Å². The Labute approximate surface area is 68.8 Å². The second kappa shape index (κ2) is 6.58. The maximum absolute atomic E-state index is 9.24. The number of aliphatic hydroxyl groups excluding tert-OH is 1. The second-order valence-corrected chi connectivity index (χ2v) is 2.84. The molecule has 0 aromatic rings. The van der Waals surface area contributed by atoms with Crippen LogP contribution in [0.3, 0.4) is 0 Å². The maximum atomic E-state index is 9.24. The van der Waals surface area contributed by atoms with E-state index in [4.69, 9.17) is 4.74 Å². The third-order valence-electron chi connectivity index (χ3n) is 1.25. The van der Waals surface area contributed by atoms with Crippen molar-refractivity contribution in [1.29, 1.82) is 0 Å². The molecule has 0 aliphatic rings. The quantitative estimate of drug-likeness (QED) is 0.592. The largest absolute Gasteiger partial charge is 0.389 e. The molecular formula is C8H19NO2. The van der Waals surface area contributed by atoms with Crippen LogP contribution in [0, 0.1) is 0 Å². The molecule has 68 valence electrons. The number of nitrogens with one attached hydrogen (secondary N) is 1. The molecule has 0 bridgehead atoms. The lowest BCUT2D eigenvalue weighted by atomic mass is 10.3. The SMILES string of the molecule is CCNCC(O)COC(C)C. The summed E-state index contributed by atoms with van der Waals surface area (Å²) < 4.78 is 5.21. The van der Waals surface area contributed by atoms with E-state index in [2.05, 4.69) is 5.32 Å². The highest BCUT2D eigenvalue weighted by atomic mass is 16.5. The number of hydrogen-bond donors (Lipinski definition) is 2. The molecule has 0 amide bonds. The minimum atomic E-state index is -0.377. The zero-order chi connectivity index (χ0) is 8.69. The van der Waals surface area contributed by atoms with E-state index in [1.54, 1.807) is 0 Å². The lowest BCUT2D eigenvalue weighted by Gasteiger charge is -2.13. The Morgan fingerprint density at radius 3 is 2.55 bits per heavy atom. The lowest BCUT2D eigenvalue weighted by Crippen LogP contribution is -2.31. The molecule has 1 unspecified atom stereocenters. The van der Waals surface area contributed by atoms with Crippen molar-refractivity contribution >= 4 is 0 Å². The highest BCUT2D eigenvalue weighted by molar-refractivity contribution is 4.57. The Balaban J connectivity index is 3.15. The zero-order valence-electron chi connectivity index (χ0n) is 7.63. The number of likely N-dealkylation sites (N-methyl/N-ethyl adjacent to an activating group) is 1. The Kier molecular flexibility index (Phi) is 6.51. The highest BCUT2D eigenvalue weighted by Crippen LogP contribution is 1.90. The van der Waals surface area contributed by atoms with E-state index in [0.717, 1.165) is 6.54 Å². The average Bonchev–Trinajstić information content (AvgIpc) is 1.97. The summed E-state index contributed by atoms with van der Waals surface area (Å²) in [6.45, 7) is 7.85. The first kappa shape index (κ1) is 10.9. The van der Waals surface area contributed by atoms with Gasteiger partial charge in [-0.15, -0.1) is 0 Å². The molecule has 0 aliphatic heterocycles. The minimum absolute atomic E-state index is 0.200. The van der Waals surface area contributed by atoms with Gasteiger partial charge in [0.15, 0.2) is 0 Å². The molecule has 1 atom stereocenters. The van der Waals surface area contributed by atoms with Crippen LogP contribution in [0.1, 0.15) is 20.8 Å². The third kappa shape index (κ3) is 7.78. The van der Waals surface area contributed by atoms with Crippen molar-refractivity contribution < 1.29 is 9.84 Å². The fourth-order valence-corrected chi connectivity index (χ4v) is 0.673. The number of ether oxygens (including phenoxy) is 1. The van der Waals surface area contributed by atoms with Gasteiger partial charge in [0, 0.05) is 6.54 Å². The maximum Gasteiger partial charge on any atom is 0.0897 e. The van der Waals surface area contributed by atoms with Crippen LogP contribution in [0.15, 0.2) is 0 Å². The van der Waals surface area contributed by atoms with Gasteiger partial charge in [-0.2, -0.15) is 0 Å². The van der Waals surface area contributed by atoms with Crippen LogP contribution in [0.5, 0.6) is 0 Å². The molecule has 2 N–H and O–H groups in total. The van der Waals surface area contributed by atoms with Gasteiger partial charge in [-0.05, 0) is 20.4 Å². The van der Waals surface area contributed by atoms with Crippen LogP contribution < -0.4 is 5.32 Å². The molecule has 0 spiro atoms. The highest BCUT2D eigenvalue weighted by Gasteiger charge is 2.03. The monoisotopic (exact) mass is 161 g/mol. The Morgan fingerprint density at radius 1 is 1.45 bits per heavy atom. The first-order chi connectivity index (χ1) is 5.16. The van der Waals surface area contributed by atoms with E-state index in [1.165, 1.54) is 0 Å². The van der Waals surface area contributed by atoms with Crippen molar-refractivity contribution in [3.8, 4) is 0 Å². The van der Waals surface area contributed by atoms with Gasteiger partial charge in [0.1, 0.15) is 0 Å². The lowest BCUT2D eigenvalue weighted by molar-refractivity contribution is 0.00661. The summed E-state index contributed by atoms with van der Waals surface area (Å²) in [5.74, 6) is 0. The molecule has 11 heavy (non-hydrogen) atoms. The van der Waals surface area contributed by atoms with Gasteiger partial charge < -0.3 is 15.2 Å². The van der Waals surface area contributed by atoms with Gasteiger partial charge in [-0.1, -0.05) is 6.92 Å². The van der Waals surface area contributed by atoms with Gasteiger partial charge in [-0.3, -0.25) is 0 Å². The van der Waals surface area contributed by atoms with Crippen LogP contribution in [-0.2, 0) is 4.74 Å². The number of rotatable bonds is 6. The molecule has 0 saturated heterocycles. The number of aliphatic hydroxyl groups is 1. The van der Waals surface area contributed by atoms with Crippen molar-refractivity contribution in [1.82, 2.24) is 5.32 Å². The van der Waals surface area contributed by atoms with Crippen LogP contribution in [-0.4, -0.2) is 37.0 Å².